The van der Waals surface area contributed by atoms with Crippen LogP contribution in [-0.2, 0) is 24.8 Å². The van der Waals surface area contributed by atoms with Crippen molar-refractivity contribution in [2.45, 2.75) is 29.1 Å². The Kier molecular flexibility index (Phi) is 8.13. The molecule has 4 rings (SSSR count). The Bertz CT molecular complexity index is 1410. The van der Waals surface area contributed by atoms with E-state index < -0.39 is 32.5 Å². The van der Waals surface area contributed by atoms with Crippen LogP contribution >= 0.6 is 15.9 Å². The number of halogens is 1. The van der Waals surface area contributed by atoms with Crippen molar-refractivity contribution >= 4 is 53.3 Å². The monoisotopic (exact) mass is 591 g/mol. The first-order chi connectivity index (χ1) is 17.2. The summed E-state index contributed by atoms with van der Waals surface area (Å²) >= 11 is 3.34. The van der Waals surface area contributed by atoms with Crippen LogP contribution in [0.15, 0.2) is 93.1 Å². The molecular formula is C25H26BrN3O5S2. The zero-order valence-corrected chi connectivity index (χ0v) is 22.6. The number of carbonyl (C=O) groups excluding carboxylic acids is 1. The first-order valence-corrected chi connectivity index (χ1v) is 15.1. The summed E-state index contributed by atoms with van der Waals surface area (Å²) < 4.78 is 55.7. The summed E-state index contributed by atoms with van der Waals surface area (Å²) in [5.74, 6) is -0.566. The highest BCUT2D eigenvalue weighted by atomic mass is 79.9. The molecule has 3 aromatic rings. The number of hydrogen-bond acceptors (Lipinski definition) is 5. The molecule has 1 fully saturated rings. The molecule has 1 saturated heterocycles. The number of nitrogens with zero attached hydrogens (tertiary/aromatic N) is 2. The molecule has 0 saturated carbocycles. The SMILES string of the molecule is O=C(CN(c1ccc(Br)cc1)S(=O)(=O)c1ccccc1)Nc1ccc(S(=O)(=O)N2CCCCC2)cc1. The van der Waals surface area contributed by atoms with Crippen molar-refractivity contribution in [3.8, 4) is 0 Å². The molecule has 190 valence electrons. The molecule has 0 unspecified atom stereocenters. The van der Waals surface area contributed by atoms with Gasteiger partial charge in [-0.05, 0) is 73.5 Å². The highest BCUT2D eigenvalue weighted by Crippen LogP contribution is 2.26. The maximum Gasteiger partial charge on any atom is 0.264 e. The second kappa shape index (κ2) is 11.1. The fraction of sp³-hybridized carbons (Fsp3) is 0.240. The van der Waals surface area contributed by atoms with Crippen molar-refractivity contribution < 1.29 is 21.6 Å². The lowest BCUT2D eigenvalue weighted by Gasteiger charge is -2.26. The summed E-state index contributed by atoms with van der Waals surface area (Å²) in [6.45, 7) is 0.540. The Labute approximate surface area is 220 Å². The van der Waals surface area contributed by atoms with Gasteiger partial charge in [-0.15, -0.1) is 0 Å². The maximum atomic E-state index is 13.4. The van der Waals surface area contributed by atoms with Crippen LogP contribution in [0.3, 0.4) is 0 Å². The van der Waals surface area contributed by atoms with Crippen LogP contribution < -0.4 is 9.62 Å². The number of piperidine rings is 1. The van der Waals surface area contributed by atoms with Gasteiger partial charge in [0.2, 0.25) is 15.9 Å². The lowest BCUT2D eigenvalue weighted by molar-refractivity contribution is -0.114. The van der Waals surface area contributed by atoms with Crippen molar-refractivity contribution in [1.29, 1.82) is 0 Å². The van der Waals surface area contributed by atoms with Crippen molar-refractivity contribution in [3.63, 3.8) is 0 Å². The predicted octanol–water partition coefficient (Wildman–Crippen LogP) is 4.46. The molecule has 1 aliphatic rings. The molecule has 0 aromatic heterocycles. The first-order valence-electron chi connectivity index (χ1n) is 11.4. The van der Waals surface area contributed by atoms with E-state index in [0.29, 0.717) is 24.5 Å². The third kappa shape index (κ3) is 5.97. The van der Waals surface area contributed by atoms with Crippen molar-refractivity contribution in [2.75, 3.05) is 29.3 Å². The number of nitrogens with one attached hydrogen (secondary N) is 1. The topological polar surface area (TPSA) is 104 Å². The highest BCUT2D eigenvalue weighted by molar-refractivity contribution is 9.10. The van der Waals surface area contributed by atoms with Crippen LogP contribution in [0.5, 0.6) is 0 Å². The zero-order chi connectivity index (χ0) is 25.8. The summed E-state index contributed by atoms with van der Waals surface area (Å²) in [6, 6.07) is 20.4. The Morgan fingerprint density at radius 2 is 1.42 bits per heavy atom. The van der Waals surface area contributed by atoms with E-state index in [9.17, 15) is 21.6 Å². The Morgan fingerprint density at radius 1 is 0.806 bits per heavy atom. The Balaban J connectivity index is 1.53. The molecular weight excluding hydrogens is 566 g/mol. The lowest BCUT2D eigenvalue weighted by Crippen LogP contribution is -2.38. The van der Waals surface area contributed by atoms with Gasteiger partial charge in [0.25, 0.3) is 10.0 Å². The summed E-state index contributed by atoms with van der Waals surface area (Å²) in [4.78, 5) is 13.1. The minimum atomic E-state index is -4.02. The average molecular weight is 593 g/mol. The summed E-state index contributed by atoms with van der Waals surface area (Å²) in [7, 11) is -7.61. The number of hydrogen-bond donors (Lipinski definition) is 1. The van der Waals surface area contributed by atoms with E-state index in [1.54, 1.807) is 42.5 Å². The maximum absolute atomic E-state index is 13.4. The molecule has 0 atom stereocenters. The number of benzene rings is 3. The van der Waals surface area contributed by atoms with Gasteiger partial charge in [-0.25, -0.2) is 16.8 Å². The van der Waals surface area contributed by atoms with Gasteiger partial charge in [0, 0.05) is 23.2 Å². The molecule has 0 radical (unpaired) electrons. The van der Waals surface area contributed by atoms with Gasteiger partial charge in [-0.3, -0.25) is 9.10 Å². The van der Waals surface area contributed by atoms with Crippen LogP contribution in [0.1, 0.15) is 19.3 Å². The average Bonchev–Trinajstić information content (AvgIpc) is 2.89. The molecule has 1 heterocycles. The van der Waals surface area contributed by atoms with Crippen molar-refractivity contribution in [1.82, 2.24) is 4.31 Å². The van der Waals surface area contributed by atoms with Gasteiger partial charge in [-0.1, -0.05) is 40.5 Å². The standard InChI is InChI=1S/C25H26BrN3O5S2/c26-20-9-13-22(14-10-20)29(36(33,34)23-7-3-1-4-8-23)19-25(30)27-21-11-15-24(16-12-21)35(31,32)28-17-5-2-6-18-28/h1,3-4,7-16H,2,5-6,17-19H2,(H,27,30). The van der Waals surface area contributed by atoms with Crippen LogP contribution in [0.4, 0.5) is 11.4 Å². The normalized spacial score (nSPS) is 14.8. The fourth-order valence-corrected chi connectivity index (χ4v) is 7.16. The molecule has 0 spiro atoms. The molecule has 11 heteroatoms. The number of anilines is 2. The van der Waals surface area contributed by atoms with E-state index in [2.05, 4.69) is 21.2 Å². The molecule has 0 bridgehead atoms. The highest BCUT2D eigenvalue weighted by Gasteiger charge is 2.28. The zero-order valence-electron chi connectivity index (χ0n) is 19.4. The van der Waals surface area contributed by atoms with Gasteiger partial charge in [0.05, 0.1) is 15.5 Å². The fourth-order valence-electron chi connectivity index (χ4n) is 3.94. The van der Waals surface area contributed by atoms with Gasteiger partial charge in [-0.2, -0.15) is 4.31 Å². The van der Waals surface area contributed by atoms with E-state index in [1.165, 1.54) is 40.7 Å². The van der Waals surface area contributed by atoms with E-state index in [0.717, 1.165) is 28.0 Å². The third-order valence-corrected chi connectivity index (χ3v) is 10.1. The second-order valence-electron chi connectivity index (χ2n) is 8.34. The minimum absolute atomic E-state index is 0.0630. The van der Waals surface area contributed by atoms with E-state index in [4.69, 9.17) is 0 Å². The third-order valence-electron chi connectivity index (χ3n) is 5.82. The summed E-state index contributed by atoms with van der Waals surface area (Å²) in [5.41, 5.74) is 0.700. The minimum Gasteiger partial charge on any atom is -0.325 e. The number of carbonyl (C=O) groups is 1. The summed E-state index contributed by atoms with van der Waals surface area (Å²) in [6.07, 6.45) is 2.70. The van der Waals surface area contributed by atoms with Crippen LogP contribution in [0.25, 0.3) is 0 Å². The molecule has 1 N–H and O–H groups in total. The van der Waals surface area contributed by atoms with Gasteiger partial charge < -0.3 is 5.32 Å². The summed E-state index contributed by atoms with van der Waals surface area (Å²) in [5, 5.41) is 2.67. The first kappa shape index (κ1) is 26.3. The van der Waals surface area contributed by atoms with E-state index in [-0.39, 0.29) is 9.79 Å². The Hall–Kier alpha value is -2.73. The van der Waals surface area contributed by atoms with Crippen molar-refractivity contribution in [3.05, 3.63) is 83.3 Å². The Morgan fingerprint density at radius 3 is 2.03 bits per heavy atom. The smallest absolute Gasteiger partial charge is 0.264 e. The van der Waals surface area contributed by atoms with Gasteiger partial charge in [0.1, 0.15) is 6.54 Å². The van der Waals surface area contributed by atoms with Crippen LogP contribution in [0.2, 0.25) is 0 Å². The lowest BCUT2D eigenvalue weighted by atomic mass is 10.2. The number of sulfonamides is 2. The molecule has 0 aliphatic carbocycles. The predicted molar refractivity (Wildman–Crippen MR) is 143 cm³/mol. The second-order valence-corrected chi connectivity index (χ2v) is 13.1. The van der Waals surface area contributed by atoms with Crippen LogP contribution in [0, 0.1) is 0 Å². The van der Waals surface area contributed by atoms with Gasteiger partial charge in [0.15, 0.2) is 0 Å². The molecule has 8 nitrogen and oxygen atoms in total. The number of rotatable bonds is 8. The molecule has 3 aromatic carbocycles. The van der Waals surface area contributed by atoms with Crippen LogP contribution in [-0.4, -0.2) is 46.7 Å². The van der Waals surface area contributed by atoms with E-state index in [1.807, 2.05) is 0 Å². The van der Waals surface area contributed by atoms with Gasteiger partial charge >= 0.3 is 0 Å². The number of amides is 1. The molecule has 36 heavy (non-hydrogen) atoms. The molecule has 1 aliphatic heterocycles. The van der Waals surface area contributed by atoms with Crippen molar-refractivity contribution in [2.24, 2.45) is 0 Å². The quantitative estimate of drug-likeness (QED) is 0.416. The largest absolute Gasteiger partial charge is 0.325 e. The van der Waals surface area contributed by atoms with E-state index >= 15 is 0 Å². The molecule has 1 amide bonds.